The third-order valence-corrected chi connectivity index (χ3v) is 2.52. The van der Waals surface area contributed by atoms with Gasteiger partial charge in [-0.1, -0.05) is 34.6 Å². The Balaban J connectivity index is 2.60. The van der Waals surface area contributed by atoms with E-state index < -0.39 is 0 Å². The summed E-state index contributed by atoms with van der Waals surface area (Å²) in [5.74, 6) is 0.790. The second-order valence-corrected chi connectivity index (χ2v) is 5.47. The molecule has 0 aromatic heterocycles. The zero-order valence-electron chi connectivity index (χ0n) is 8.81. The molecule has 0 heterocycles. The molecule has 0 spiro atoms. The summed E-state index contributed by atoms with van der Waals surface area (Å²) in [4.78, 5) is 4.51. The van der Waals surface area contributed by atoms with Crippen molar-refractivity contribution in [3.8, 4) is 0 Å². The Labute approximate surface area is 75.3 Å². The summed E-state index contributed by atoms with van der Waals surface area (Å²) in [6, 6.07) is 0.469. The van der Waals surface area contributed by atoms with E-state index in [2.05, 4.69) is 39.6 Å². The SMILES string of the molecule is CC(C)(C)C(N)=NC1CC1(C)C. The van der Waals surface area contributed by atoms with Gasteiger partial charge in [-0.3, -0.25) is 4.99 Å². The van der Waals surface area contributed by atoms with Crippen molar-refractivity contribution in [2.75, 3.05) is 0 Å². The number of amidine groups is 1. The summed E-state index contributed by atoms with van der Waals surface area (Å²) < 4.78 is 0. The van der Waals surface area contributed by atoms with E-state index in [0.717, 1.165) is 5.84 Å². The molecule has 2 N–H and O–H groups in total. The van der Waals surface area contributed by atoms with Crippen LogP contribution in [0.2, 0.25) is 0 Å². The van der Waals surface area contributed by atoms with E-state index in [4.69, 9.17) is 5.73 Å². The maximum atomic E-state index is 5.86. The van der Waals surface area contributed by atoms with Gasteiger partial charge in [-0.25, -0.2) is 0 Å². The highest BCUT2D eigenvalue weighted by Gasteiger charge is 2.46. The van der Waals surface area contributed by atoms with Crippen molar-refractivity contribution in [2.45, 2.75) is 47.1 Å². The Morgan fingerprint density at radius 2 is 1.83 bits per heavy atom. The molecule has 1 unspecified atom stereocenters. The second-order valence-electron chi connectivity index (χ2n) is 5.47. The average molecular weight is 168 g/mol. The van der Waals surface area contributed by atoms with E-state index in [1.54, 1.807) is 0 Å². The predicted octanol–water partition coefficient (Wildman–Crippen LogP) is 2.19. The van der Waals surface area contributed by atoms with Gasteiger partial charge in [0.2, 0.25) is 0 Å². The minimum absolute atomic E-state index is 0.0265. The zero-order valence-corrected chi connectivity index (χ0v) is 8.81. The van der Waals surface area contributed by atoms with Gasteiger partial charge in [-0.2, -0.15) is 0 Å². The van der Waals surface area contributed by atoms with Crippen LogP contribution < -0.4 is 5.73 Å². The molecule has 1 rings (SSSR count). The summed E-state index contributed by atoms with van der Waals surface area (Å²) in [6.07, 6.45) is 1.18. The third-order valence-electron chi connectivity index (χ3n) is 2.52. The molecule has 1 fully saturated rings. The molecule has 1 aliphatic rings. The van der Waals surface area contributed by atoms with Crippen LogP contribution in [0.3, 0.4) is 0 Å². The van der Waals surface area contributed by atoms with E-state index in [0.29, 0.717) is 11.5 Å². The van der Waals surface area contributed by atoms with Crippen molar-refractivity contribution < 1.29 is 0 Å². The molecule has 0 aromatic carbocycles. The molecular weight excluding hydrogens is 148 g/mol. The lowest BCUT2D eigenvalue weighted by Gasteiger charge is -2.17. The molecule has 1 aliphatic carbocycles. The quantitative estimate of drug-likeness (QED) is 0.473. The lowest BCUT2D eigenvalue weighted by Crippen LogP contribution is -2.29. The normalized spacial score (nSPS) is 28.8. The number of hydrogen-bond donors (Lipinski definition) is 1. The highest BCUT2D eigenvalue weighted by atomic mass is 15.0. The molecule has 0 saturated heterocycles. The summed E-state index contributed by atoms with van der Waals surface area (Å²) in [7, 11) is 0. The Hall–Kier alpha value is -0.530. The molecule has 2 nitrogen and oxygen atoms in total. The summed E-state index contributed by atoms with van der Waals surface area (Å²) in [6.45, 7) is 10.8. The number of rotatable bonds is 1. The summed E-state index contributed by atoms with van der Waals surface area (Å²) in [5.41, 5.74) is 6.29. The molecule has 1 saturated carbocycles. The molecule has 0 amide bonds. The fraction of sp³-hybridized carbons (Fsp3) is 0.900. The van der Waals surface area contributed by atoms with Crippen LogP contribution in [0.1, 0.15) is 41.0 Å². The predicted molar refractivity (Wildman–Crippen MR) is 53.3 cm³/mol. The van der Waals surface area contributed by atoms with Crippen LogP contribution in [-0.2, 0) is 0 Å². The largest absolute Gasteiger partial charge is 0.387 e. The van der Waals surface area contributed by atoms with Gasteiger partial charge in [0.15, 0.2) is 0 Å². The van der Waals surface area contributed by atoms with Crippen LogP contribution in [0.25, 0.3) is 0 Å². The number of nitrogens with two attached hydrogens (primary N) is 1. The molecule has 0 bridgehead atoms. The van der Waals surface area contributed by atoms with E-state index in [1.807, 2.05) is 0 Å². The van der Waals surface area contributed by atoms with Gasteiger partial charge in [-0.05, 0) is 11.8 Å². The highest BCUT2D eigenvalue weighted by molar-refractivity contribution is 5.85. The van der Waals surface area contributed by atoms with Crippen LogP contribution in [0, 0.1) is 10.8 Å². The van der Waals surface area contributed by atoms with Crippen LogP contribution in [0.5, 0.6) is 0 Å². The maximum absolute atomic E-state index is 5.86. The monoisotopic (exact) mass is 168 g/mol. The first kappa shape index (κ1) is 9.56. The highest BCUT2D eigenvalue weighted by Crippen LogP contribution is 2.47. The molecule has 70 valence electrons. The van der Waals surface area contributed by atoms with Crippen LogP contribution in [-0.4, -0.2) is 11.9 Å². The Morgan fingerprint density at radius 1 is 1.42 bits per heavy atom. The molecular formula is C10H20N2. The van der Waals surface area contributed by atoms with Crippen molar-refractivity contribution in [3.05, 3.63) is 0 Å². The first-order valence-corrected chi connectivity index (χ1v) is 4.57. The van der Waals surface area contributed by atoms with Crippen LogP contribution in [0.4, 0.5) is 0 Å². The van der Waals surface area contributed by atoms with Gasteiger partial charge in [0.05, 0.1) is 11.9 Å². The summed E-state index contributed by atoms with van der Waals surface area (Å²) in [5, 5.41) is 0. The number of nitrogens with zero attached hydrogens (tertiary/aromatic N) is 1. The Bertz CT molecular complexity index is 208. The van der Waals surface area contributed by atoms with Gasteiger partial charge in [0.1, 0.15) is 0 Å². The second kappa shape index (κ2) is 2.48. The molecule has 2 heteroatoms. The van der Waals surface area contributed by atoms with Crippen LogP contribution >= 0.6 is 0 Å². The van der Waals surface area contributed by atoms with Gasteiger partial charge >= 0.3 is 0 Å². The van der Waals surface area contributed by atoms with E-state index in [1.165, 1.54) is 6.42 Å². The summed E-state index contributed by atoms with van der Waals surface area (Å²) >= 11 is 0. The first-order valence-electron chi connectivity index (χ1n) is 4.57. The molecule has 0 radical (unpaired) electrons. The maximum Gasteiger partial charge on any atom is 0.0995 e. The third kappa shape index (κ3) is 1.99. The standard InChI is InChI=1S/C10H20N2/c1-9(2,3)8(11)12-7-6-10(7,4)5/h7H,6H2,1-5H3,(H2,11,12). The van der Waals surface area contributed by atoms with Crippen molar-refractivity contribution >= 4 is 5.84 Å². The van der Waals surface area contributed by atoms with Gasteiger partial charge < -0.3 is 5.73 Å². The van der Waals surface area contributed by atoms with Gasteiger partial charge in [-0.15, -0.1) is 0 Å². The minimum atomic E-state index is 0.0265. The molecule has 1 atom stereocenters. The minimum Gasteiger partial charge on any atom is -0.387 e. The molecule has 12 heavy (non-hydrogen) atoms. The smallest absolute Gasteiger partial charge is 0.0995 e. The van der Waals surface area contributed by atoms with Crippen molar-refractivity contribution in [3.63, 3.8) is 0 Å². The van der Waals surface area contributed by atoms with Crippen molar-refractivity contribution in [1.82, 2.24) is 0 Å². The topological polar surface area (TPSA) is 38.4 Å². The first-order chi connectivity index (χ1) is 5.23. The Kier molecular flexibility index (Phi) is 1.97. The number of aliphatic imine (C=N–C) groups is 1. The zero-order chi connectivity index (χ0) is 9.57. The average Bonchev–Trinajstić information content (AvgIpc) is 2.36. The van der Waals surface area contributed by atoms with E-state index in [-0.39, 0.29) is 5.41 Å². The fourth-order valence-corrected chi connectivity index (χ4v) is 1.02. The van der Waals surface area contributed by atoms with E-state index in [9.17, 15) is 0 Å². The molecule has 0 aromatic rings. The van der Waals surface area contributed by atoms with Gasteiger partial charge in [0.25, 0.3) is 0 Å². The van der Waals surface area contributed by atoms with Gasteiger partial charge in [0, 0.05) is 5.41 Å². The van der Waals surface area contributed by atoms with Crippen molar-refractivity contribution in [1.29, 1.82) is 0 Å². The lowest BCUT2D eigenvalue weighted by molar-refractivity contribution is 0.570. The van der Waals surface area contributed by atoms with Crippen molar-refractivity contribution in [2.24, 2.45) is 21.6 Å². The van der Waals surface area contributed by atoms with E-state index >= 15 is 0 Å². The fourth-order valence-electron chi connectivity index (χ4n) is 1.02. The van der Waals surface area contributed by atoms with Crippen LogP contribution in [0.15, 0.2) is 4.99 Å². The molecule has 0 aliphatic heterocycles. The lowest BCUT2D eigenvalue weighted by atomic mass is 9.95. The number of hydrogen-bond acceptors (Lipinski definition) is 1. The Morgan fingerprint density at radius 3 is 2.08 bits per heavy atom.